The van der Waals surface area contributed by atoms with Crippen molar-refractivity contribution in [3.8, 4) is 11.5 Å². The molecule has 210 valence electrons. The molecule has 1 aliphatic heterocycles. The lowest BCUT2D eigenvalue weighted by Gasteiger charge is -2.40. The minimum Gasteiger partial charge on any atom is -0.493 e. The summed E-state index contributed by atoms with van der Waals surface area (Å²) in [6, 6.07) is 2.26. The topological polar surface area (TPSA) is 144 Å². The van der Waals surface area contributed by atoms with E-state index in [9.17, 15) is 24.6 Å². The number of aliphatic hydroxyl groups is 2. The van der Waals surface area contributed by atoms with Crippen LogP contribution < -0.4 is 14.8 Å². The number of benzene rings is 1. The maximum absolute atomic E-state index is 13.3. The highest BCUT2D eigenvalue weighted by atomic mass is 16.5. The Kier molecular flexibility index (Phi) is 10.7. The van der Waals surface area contributed by atoms with Crippen molar-refractivity contribution in [1.29, 1.82) is 0 Å². The average Bonchev–Trinajstić information content (AvgIpc) is 3.30. The van der Waals surface area contributed by atoms with Gasteiger partial charge in [0.25, 0.3) is 0 Å². The molecule has 3 rings (SSSR count). The molecule has 0 saturated heterocycles. The van der Waals surface area contributed by atoms with Gasteiger partial charge in [-0.15, -0.1) is 0 Å². The molecule has 1 aromatic rings. The molecule has 0 radical (unpaired) electrons. The van der Waals surface area contributed by atoms with Crippen molar-refractivity contribution in [3.05, 3.63) is 34.9 Å². The molecule has 11 heteroatoms. The molecule has 3 N–H and O–H groups in total. The summed E-state index contributed by atoms with van der Waals surface area (Å²) in [5.74, 6) is -0.802. The summed E-state index contributed by atoms with van der Waals surface area (Å²) in [4.78, 5) is 39.7. The molecular weight excluding hydrogens is 496 g/mol. The van der Waals surface area contributed by atoms with Crippen LogP contribution in [0.5, 0.6) is 11.5 Å². The highest BCUT2D eigenvalue weighted by molar-refractivity contribution is 5.96. The highest BCUT2D eigenvalue weighted by Crippen LogP contribution is 2.51. The van der Waals surface area contributed by atoms with Gasteiger partial charge < -0.3 is 39.4 Å². The van der Waals surface area contributed by atoms with Crippen LogP contribution in [0.4, 0.5) is 0 Å². The minimum absolute atomic E-state index is 0.0230. The molecule has 1 heterocycles. The lowest BCUT2D eigenvalue weighted by molar-refractivity contribution is -0.138. The van der Waals surface area contributed by atoms with Gasteiger partial charge in [0, 0.05) is 43.5 Å². The molecule has 0 fully saturated rings. The fourth-order valence-corrected chi connectivity index (χ4v) is 4.89. The van der Waals surface area contributed by atoms with Gasteiger partial charge in [-0.2, -0.15) is 0 Å². The standard InChI is InChI=1S/C27H38N2O9/c1-16(2)37-10-5-8-29(22(32)6-11-35-3)20-14-19(27(34)28-7-9-30)23-18-12-17(15-31)13-21(36-4)25(18)38-26(23)24(20)33/h12-16,20,23-24,26,30,33H,5-11H2,1-4H3,(H,28,34)/t20-,23+,24+,26+/m1/s1. The number of amides is 2. The normalized spacial score (nSPS) is 21.7. The summed E-state index contributed by atoms with van der Waals surface area (Å²) in [7, 11) is 2.94. The zero-order valence-electron chi connectivity index (χ0n) is 22.3. The molecule has 0 bridgehead atoms. The molecule has 2 amide bonds. The summed E-state index contributed by atoms with van der Waals surface area (Å²) in [6.45, 7) is 4.51. The van der Waals surface area contributed by atoms with Crippen LogP contribution in [0.25, 0.3) is 0 Å². The summed E-state index contributed by atoms with van der Waals surface area (Å²) in [5.41, 5.74) is 1.13. The number of hydrogen-bond acceptors (Lipinski definition) is 9. The van der Waals surface area contributed by atoms with Gasteiger partial charge in [0.1, 0.15) is 18.5 Å². The number of fused-ring (bicyclic) bond motifs is 3. The Morgan fingerprint density at radius 2 is 2.00 bits per heavy atom. The molecule has 1 aromatic carbocycles. The molecule has 2 aliphatic rings. The molecule has 0 saturated carbocycles. The Morgan fingerprint density at radius 1 is 1.24 bits per heavy atom. The van der Waals surface area contributed by atoms with E-state index in [1.54, 1.807) is 12.1 Å². The minimum atomic E-state index is -1.19. The van der Waals surface area contributed by atoms with Gasteiger partial charge in [0.2, 0.25) is 11.8 Å². The summed E-state index contributed by atoms with van der Waals surface area (Å²) < 4.78 is 22.3. The number of rotatable bonds is 14. The number of nitrogens with one attached hydrogen (secondary N) is 1. The van der Waals surface area contributed by atoms with Crippen LogP contribution in [-0.2, 0) is 19.1 Å². The average molecular weight is 535 g/mol. The SMILES string of the molecule is COCCC(=O)N(CCCOC(C)C)[C@@H]1C=C(C(=O)NCCO)[C@@H]2c3cc(C=O)cc(OC)c3O[C@@H]2[C@H]1O. The van der Waals surface area contributed by atoms with Crippen LogP contribution in [0, 0.1) is 0 Å². The van der Waals surface area contributed by atoms with Crippen molar-refractivity contribution in [3.63, 3.8) is 0 Å². The number of hydrogen-bond donors (Lipinski definition) is 3. The maximum Gasteiger partial charge on any atom is 0.247 e. The Hall–Kier alpha value is -2.99. The second-order valence-corrected chi connectivity index (χ2v) is 9.51. The van der Waals surface area contributed by atoms with E-state index in [4.69, 9.17) is 18.9 Å². The largest absolute Gasteiger partial charge is 0.493 e. The Bertz CT molecular complexity index is 1030. The van der Waals surface area contributed by atoms with E-state index in [2.05, 4.69) is 5.32 Å². The molecule has 4 atom stereocenters. The molecule has 0 spiro atoms. The monoisotopic (exact) mass is 534 g/mol. The van der Waals surface area contributed by atoms with E-state index in [1.165, 1.54) is 25.2 Å². The summed E-state index contributed by atoms with van der Waals surface area (Å²) in [5, 5.41) is 23.5. The number of aldehydes is 1. The lowest BCUT2D eigenvalue weighted by Crippen LogP contribution is -2.56. The molecular formula is C27H38N2O9. The first-order valence-corrected chi connectivity index (χ1v) is 12.8. The Morgan fingerprint density at radius 3 is 2.63 bits per heavy atom. The van der Waals surface area contributed by atoms with Gasteiger partial charge in [-0.05, 0) is 38.5 Å². The summed E-state index contributed by atoms with van der Waals surface area (Å²) in [6.07, 6.45) is 0.793. The van der Waals surface area contributed by atoms with Gasteiger partial charge in [-0.1, -0.05) is 0 Å². The zero-order valence-corrected chi connectivity index (χ0v) is 22.3. The number of methoxy groups -OCH3 is 2. The number of aliphatic hydroxyl groups excluding tert-OH is 2. The van der Waals surface area contributed by atoms with Crippen LogP contribution in [0.15, 0.2) is 23.8 Å². The third kappa shape index (κ3) is 6.52. The number of nitrogens with zero attached hydrogens (tertiary/aromatic N) is 1. The Balaban J connectivity index is 2.04. The first-order valence-electron chi connectivity index (χ1n) is 12.8. The molecule has 1 aliphatic carbocycles. The van der Waals surface area contributed by atoms with Crippen LogP contribution in [0.1, 0.15) is 48.5 Å². The van der Waals surface area contributed by atoms with E-state index in [0.29, 0.717) is 41.9 Å². The van der Waals surface area contributed by atoms with Crippen molar-refractivity contribution >= 4 is 18.1 Å². The fourth-order valence-electron chi connectivity index (χ4n) is 4.89. The number of ether oxygens (including phenoxy) is 4. The quantitative estimate of drug-likeness (QED) is 0.233. The second-order valence-electron chi connectivity index (χ2n) is 9.51. The Labute approximate surface area is 222 Å². The molecule has 0 unspecified atom stereocenters. The fraction of sp³-hybridized carbons (Fsp3) is 0.593. The lowest BCUT2D eigenvalue weighted by atomic mass is 9.77. The van der Waals surface area contributed by atoms with Crippen LogP contribution in [-0.4, -0.2) is 105 Å². The van der Waals surface area contributed by atoms with E-state index in [-0.39, 0.29) is 50.3 Å². The first kappa shape index (κ1) is 29.6. The number of carbonyl (C=O) groups is 3. The smallest absolute Gasteiger partial charge is 0.247 e. The second kappa shape index (κ2) is 13.7. The van der Waals surface area contributed by atoms with Crippen molar-refractivity contribution in [2.45, 2.75) is 57.0 Å². The van der Waals surface area contributed by atoms with Gasteiger partial charge in [-0.3, -0.25) is 14.4 Å². The van der Waals surface area contributed by atoms with Crippen molar-refractivity contribution in [2.24, 2.45) is 0 Å². The van der Waals surface area contributed by atoms with Crippen LogP contribution in [0.3, 0.4) is 0 Å². The van der Waals surface area contributed by atoms with E-state index in [1.807, 2.05) is 13.8 Å². The molecule has 38 heavy (non-hydrogen) atoms. The maximum atomic E-state index is 13.3. The van der Waals surface area contributed by atoms with Crippen molar-refractivity contribution < 1.29 is 43.5 Å². The number of carbonyl (C=O) groups excluding carboxylic acids is 3. The van der Waals surface area contributed by atoms with Crippen molar-refractivity contribution in [1.82, 2.24) is 10.2 Å². The van der Waals surface area contributed by atoms with Crippen LogP contribution in [0.2, 0.25) is 0 Å². The van der Waals surface area contributed by atoms with Crippen molar-refractivity contribution in [2.75, 3.05) is 47.1 Å². The third-order valence-corrected chi connectivity index (χ3v) is 6.61. The van der Waals surface area contributed by atoms with E-state index < -0.39 is 30.1 Å². The highest BCUT2D eigenvalue weighted by Gasteiger charge is 2.51. The zero-order chi connectivity index (χ0) is 27.8. The van der Waals surface area contributed by atoms with Gasteiger partial charge in [-0.25, -0.2) is 0 Å². The van der Waals surface area contributed by atoms with Gasteiger partial charge >= 0.3 is 0 Å². The molecule has 11 nitrogen and oxygen atoms in total. The van der Waals surface area contributed by atoms with Gasteiger partial charge in [0.05, 0.1) is 44.8 Å². The van der Waals surface area contributed by atoms with E-state index in [0.717, 1.165) is 0 Å². The predicted molar refractivity (Wildman–Crippen MR) is 137 cm³/mol. The third-order valence-electron chi connectivity index (χ3n) is 6.61. The van der Waals surface area contributed by atoms with E-state index >= 15 is 0 Å². The van der Waals surface area contributed by atoms with Gasteiger partial charge in [0.15, 0.2) is 11.5 Å². The predicted octanol–water partition coefficient (Wildman–Crippen LogP) is 0.811. The van der Waals surface area contributed by atoms with Crippen LogP contribution >= 0.6 is 0 Å². The summed E-state index contributed by atoms with van der Waals surface area (Å²) >= 11 is 0. The first-order chi connectivity index (χ1) is 18.3. The molecule has 0 aromatic heterocycles.